The highest BCUT2D eigenvalue weighted by Gasteiger charge is 2.21. The number of carboxylic acid groups (broad SMARTS) is 1. The fourth-order valence-electron chi connectivity index (χ4n) is 0.828. The summed E-state index contributed by atoms with van der Waals surface area (Å²) >= 11 is 0. The maximum Gasteiger partial charge on any atom is 0.345 e. The third-order valence-electron chi connectivity index (χ3n) is 1.27. The highest BCUT2D eigenvalue weighted by Crippen LogP contribution is 2.08. The highest BCUT2D eigenvalue weighted by molar-refractivity contribution is 5.76. The Balaban J connectivity index is 4.04. The molecule has 0 aromatic heterocycles. The summed E-state index contributed by atoms with van der Waals surface area (Å²) in [6.45, 7) is 4.95. The zero-order chi connectivity index (χ0) is 9.72. The molecule has 0 heterocycles. The standard InChI is InChI=1S/C8H14O4/c1-5(2)4-7(8(10)11)12-6(3)9/h5,7H,4H2,1-3H3,(H,10,11)/t7-/m0/s1. The Labute approximate surface area is 71.5 Å². The smallest absolute Gasteiger partial charge is 0.345 e. The van der Waals surface area contributed by atoms with Gasteiger partial charge in [0, 0.05) is 6.92 Å². The molecule has 0 radical (unpaired) electrons. The molecule has 0 aromatic carbocycles. The first kappa shape index (κ1) is 10.9. The number of aliphatic carboxylic acids is 1. The van der Waals surface area contributed by atoms with Crippen molar-refractivity contribution < 1.29 is 19.4 Å². The van der Waals surface area contributed by atoms with E-state index in [9.17, 15) is 9.59 Å². The van der Waals surface area contributed by atoms with Gasteiger partial charge < -0.3 is 9.84 Å². The van der Waals surface area contributed by atoms with Gasteiger partial charge in [0.15, 0.2) is 6.10 Å². The molecule has 0 unspecified atom stereocenters. The van der Waals surface area contributed by atoms with E-state index in [4.69, 9.17) is 5.11 Å². The van der Waals surface area contributed by atoms with E-state index in [2.05, 4.69) is 4.74 Å². The van der Waals surface area contributed by atoms with Gasteiger partial charge in [-0.15, -0.1) is 0 Å². The summed E-state index contributed by atoms with van der Waals surface area (Å²) in [5.41, 5.74) is 0. The van der Waals surface area contributed by atoms with Gasteiger partial charge in [-0.2, -0.15) is 0 Å². The van der Waals surface area contributed by atoms with E-state index >= 15 is 0 Å². The third-order valence-corrected chi connectivity index (χ3v) is 1.27. The summed E-state index contributed by atoms with van der Waals surface area (Å²) in [6, 6.07) is 0. The Bertz CT molecular complexity index is 174. The van der Waals surface area contributed by atoms with Crippen LogP contribution in [0.4, 0.5) is 0 Å². The molecular weight excluding hydrogens is 160 g/mol. The fourth-order valence-corrected chi connectivity index (χ4v) is 0.828. The molecule has 1 atom stereocenters. The second-order valence-corrected chi connectivity index (χ2v) is 3.07. The van der Waals surface area contributed by atoms with Crippen LogP contribution in [0.25, 0.3) is 0 Å². The van der Waals surface area contributed by atoms with Crippen molar-refractivity contribution in [2.75, 3.05) is 0 Å². The van der Waals surface area contributed by atoms with E-state index in [0.29, 0.717) is 6.42 Å². The molecular formula is C8H14O4. The van der Waals surface area contributed by atoms with Crippen molar-refractivity contribution in [3.05, 3.63) is 0 Å². The molecule has 4 heteroatoms. The van der Waals surface area contributed by atoms with Crippen molar-refractivity contribution >= 4 is 11.9 Å². The minimum absolute atomic E-state index is 0.199. The van der Waals surface area contributed by atoms with Crippen molar-refractivity contribution in [3.63, 3.8) is 0 Å². The SMILES string of the molecule is CC(=O)O[C@@H](CC(C)C)C(=O)O. The molecule has 0 aliphatic rings. The number of carbonyl (C=O) groups excluding carboxylic acids is 1. The molecule has 12 heavy (non-hydrogen) atoms. The number of esters is 1. The van der Waals surface area contributed by atoms with Crippen LogP contribution in [0, 0.1) is 5.92 Å². The molecule has 0 fully saturated rings. The van der Waals surface area contributed by atoms with Crippen molar-refractivity contribution in [2.45, 2.75) is 33.3 Å². The van der Waals surface area contributed by atoms with E-state index < -0.39 is 18.0 Å². The average molecular weight is 174 g/mol. The Morgan fingerprint density at radius 3 is 2.17 bits per heavy atom. The number of rotatable bonds is 4. The first-order valence-electron chi connectivity index (χ1n) is 3.83. The van der Waals surface area contributed by atoms with Crippen LogP contribution in [-0.4, -0.2) is 23.1 Å². The van der Waals surface area contributed by atoms with Gasteiger partial charge >= 0.3 is 11.9 Å². The Morgan fingerprint density at radius 1 is 1.42 bits per heavy atom. The van der Waals surface area contributed by atoms with Crippen LogP contribution in [-0.2, 0) is 14.3 Å². The van der Waals surface area contributed by atoms with Crippen LogP contribution in [0.3, 0.4) is 0 Å². The minimum Gasteiger partial charge on any atom is -0.479 e. The first-order chi connectivity index (χ1) is 5.43. The molecule has 70 valence electrons. The predicted octanol–water partition coefficient (Wildman–Crippen LogP) is 1.05. The first-order valence-corrected chi connectivity index (χ1v) is 3.83. The molecule has 0 aromatic rings. The van der Waals surface area contributed by atoms with Crippen molar-refractivity contribution in [2.24, 2.45) is 5.92 Å². The lowest BCUT2D eigenvalue weighted by atomic mass is 10.1. The third kappa shape index (κ3) is 4.71. The molecule has 0 amide bonds. The molecule has 0 rings (SSSR count). The van der Waals surface area contributed by atoms with E-state index in [1.807, 2.05) is 13.8 Å². The van der Waals surface area contributed by atoms with E-state index in [-0.39, 0.29) is 5.92 Å². The molecule has 0 saturated carbocycles. The van der Waals surface area contributed by atoms with Gasteiger partial charge in [0.1, 0.15) is 0 Å². The maximum atomic E-state index is 10.5. The van der Waals surface area contributed by atoms with Crippen molar-refractivity contribution in [1.82, 2.24) is 0 Å². The zero-order valence-electron chi connectivity index (χ0n) is 7.53. The van der Waals surface area contributed by atoms with Crippen LogP contribution in [0.2, 0.25) is 0 Å². The average Bonchev–Trinajstić information content (AvgIpc) is 1.83. The summed E-state index contributed by atoms with van der Waals surface area (Å²) in [5, 5.41) is 8.59. The van der Waals surface area contributed by atoms with E-state index in [0.717, 1.165) is 0 Å². The van der Waals surface area contributed by atoms with Gasteiger partial charge in [-0.25, -0.2) is 4.79 Å². The van der Waals surface area contributed by atoms with Gasteiger partial charge in [0.05, 0.1) is 0 Å². The van der Waals surface area contributed by atoms with Crippen molar-refractivity contribution in [1.29, 1.82) is 0 Å². The normalized spacial score (nSPS) is 12.7. The monoisotopic (exact) mass is 174 g/mol. The lowest BCUT2D eigenvalue weighted by Gasteiger charge is -2.13. The van der Waals surface area contributed by atoms with Crippen LogP contribution >= 0.6 is 0 Å². The number of carboxylic acids is 1. The lowest BCUT2D eigenvalue weighted by molar-refractivity contribution is -0.163. The fraction of sp³-hybridized carbons (Fsp3) is 0.750. The van der Waals surface area contributed by atoms with Gasteiger partial charge in [0.25, 0.3) is 0 Å². The summed E-state index contributed by atoms with van der Waals surface area (Å²) in [7, 11) is 0. The second-order valence-electron chi connectivity index (χ2n) is 3.07. The molecule has 0 aliphatic heterocycles. The van der Waals surface area contributed by atoms with Gasteiger partial charge in [0.2, 0.25) is 0 Å². The highest BCUT2D eigenvalue weighted by atomic mass is 16.6. The minimum atomic E-state index is -1.08. The summed E-state index contributed by atoms with van der Waals surface area (Å²) in [6.07, 6.45) is -0.642. The molecule has 1 N–H and O–H groups in total. The molecule has 0 saturated heterocycles. The number of ether oxygens (including phenoxy) is 1. The lowest BCUT2D eigenvalue weighted by Crippen LogP contribution is -2.27. The Hall–Kier alpha value is -1.06. The van der Waals surface area contributed by atoms with Crippen LogP contribution in [0.15, 0.2) is 0 Å². The molecule has 0 aliphatic carbocycles. The molecule has 0 spiro atoms. The Kier molecular flexibility index (Phi) is 4.33. The van der Waals surface area contributed by atoms with Gasteiger partial charge in [-0.1, -0.05) is 13.8 Å². The number of hydrogen-bond acceptors (Lipinski definition) is 3. The largest absolute Gasteiger partial charge is 0.479 e. The predicted molar refractivity (Wildman–Crippen MR) is 42.6 cm³/mol. The van der Waals surface area contributed by atoms with Crippen molar-refractivity contribution in [3.8, 4) is 0 Å². The van der Waals surface area contributed by atoms with Gasteiger partial charge in [-0.3, -0.25) is 4.79 Å². The maximum absolute atomic E-state index is 10.5. The van der Waals surface area contributed by atoms with Crippen LogP contribution in [0.5, 0.6) is 0 Å². The molecule has 0 bridgehead atoms. The Morgan fingerprint density at radius 2 is 1.92 bits per heavy atom. The van der Waals surface area contributed by atoms with E-state index in [1.54, 1.807) is 0 Å². The summed E-state index contributed by atoms with van der Waals surface area (Å²) < 4.78 is 4.58. The topological polar surface area (TPSA) is 63.6 Å². The summed E-state index contributed by atoms with van der Waals surface area (Å²) in [5.74, 6) is -1.44. The number of carbonyl (C=O) groups is 2. The zero-order valence-corrected chi connectivity index (χ0v) is 7.53. The molecule has 4 nitrogen and oxygen atoms in total. The quantitative estimate of drug-likeness (QED) is 0.647. The van der Waals surface area contributed by atoms with E-state index in [1.165, 1.54) is 6.92 Å². The summed E-state index contributed by atoms with van der Waals surface area (Å²) in [4.78, 5) is 20.9. The van der Waals surface area contributed by atoms with Gasteiger partial charge in [-0.05, 0) is 12.3 Å². The van der Waals surface area contributed by atoms with Crippen LogP contribution in [0.1, 0.15) is 27.2 Å². The van der Waals surface area contributed by atoms with Crippen LogP contribution < -0.4 is 0 Å². The second kappa shape index (κ2) is 4.74. The number of hydrogen-bond donors (Lipinski definition) is 1.